The number of fused-ring (bicyclic) bond motifs is 1. The number of rotatable bonds is 3. The lowest BCUT2D eigenvalue weighted by Gasteiger charge is -2.10. The minimum Gasteiger partial charge on any atom is -0.321 e. The molecule has 2 aromatic heterocycles. The van der Waals surface area contributed by atoms with Gasteiger partial charge >= 0.3 is 0 Å². The van der Waals surface area contributed by atoms with Crippen LogP contribution in [-0.2, 0) is 0 Å². The Morgan fingerprint density at radius 3 is 2.88 bits per heavy atom. The first-order valence-corrected chi connectivity index (χ1v) is 8.48. The molecule has 1 amide bonds. The molecule has 0 atom stereocenters. The van der Waals surface area contributed by atoms with Gasteiger partial charge in [0.25, 0.3) is 5.91 Å². The first-order chi connectivity index (χ1) is 11.7. The van der Waals surface area contributed by atoms with Gasteiger partial charge in [-0.15, -0.1) is 11.3 Å². The number of nitrogens with zero attached hydrogens (tertiary/aromatic N) is 2. The van der Waals surface area contributed by atoms with Crippen LogP contribution < -0.4 is 5.32 Å². The second kappa shape index (κ2) is 5.94. The largest absolute Gasteiger partial charge is 0.321 e. The SMILES string of the molecule is Cc1cccc(C(=O)Nc2ccccc2-c2cn3ccsc3n2)c1. The highest BCUT2D eigenvalue weighted by Crippen LogP contribution is 2.28. The number of carbonyl (C=O) groups is 1. The maximum atomic E-state index is 12.5. The molecule has 2 heterocycles. The molecule has 0 aliphatic carbocycles. The van der Waals surface area contributed by atoms with Gasteiger partial charge in [0.15, 0.2) is 4.96 Å². The van der Waals surface area contributed by atoms with Crippen molar-refractivity contribution in [3.8, 4) is 11.3 Å². The third kappa shape index (κ3) is 2.70. The van der Waals surface area contributed by atoms with E-state index in [4.69, 9.17) is 0 Å². The summed E-state index contributed by atoms with van der Waals surface area (Å²) in [5.41, 5.74) is 4.23. The van der Waals surface area contributed by atoms with Gasteiger partial charge in [-0.05, 0) is 25.1 Å². The predicted molar refractivity (Wildman–Crippen MR) is 97.6 cm³/mol. The molecule has 0 unspecified atom stereocenters. The highest BCUT2D eigenvalue weighted by Gasteiger charge is 2.13. The van der Waals surface area contributed by atoms with Crippen LogP contribution in [-0.4, -0.2) is 15.3 Å². The van der Waals surface area contributed by atoms with E-state index in [0.29, 0.717) is 5.56 Å². The van der Waals surface area contributed by atoms with Crippen LogP contribution in [0.4, 0.5) is 5.69 Å². The Hall–Kier alpha value is -2.92. The Kier molecular flexibility index (Phi) is 3.63. The highest BCUT2D eigenvalue weighted by atomic mass is 32.1. The van der Waals surface area contributed by atoms with Gasteiger partial charge in [0.1, 0.15) is 0 Å². The lowest BCUT2D eigenvalue weighted by Crippen LogP contribution is -2.12. The molecular formula is C19H15N3OS. The molecule has 4 rings (SSSR count). The van der Waals surface area contributed by atoms with Crippen molar-refractivity contribution in [1.82, 2.24) is 9.38 Å². The molecule has 24 heavy (non-hydrogen) atoms. The molecule has 1 N–H and O–H groups in total. The molecule has 0 bridgehead atoms. The number of thiazole rings is 1. The number of amides is 1. The van der Waals surface area contributed by atoms with Crippen LogP contribution >= 0.6 is 11.3 Å². The summed E-state index contributed by atoms with van der Waals surface area (Å²) >= 11 is 1.59. The van der Waals surface area contributed by atoms with Gasteiger partial charge in [-0.3, -0.25) is 9.20 Å². The number of aryl methyl sites for hydroxylation is 1. The molecule has 0 fully saturated rings. The number of hydrogen-bond donors (Lipinski definition) is 1. The fraction of sp³-hybridized carbons (Fsp3) is 0.0526. The average Bonchev–Trinajstić information content (AvgIpc) is 3.17. The van der Waals surface area contributed by atoms with Crippen LogP contribution in [0, 0.1) is 6.92 Å². The van der Waals surface area contributed by atoms with E-state index < -0.39 is 0 Å². The summed E-state index contributed by atoms with van der Waals surface area (Å²) < 4.78 is 1.99. The second-order valence-corrected chi connectivity index (χ2v) is 6.46. The first-order valence-electron chi connectivity index (χ1n) is 7.60. The number of anilines is 1. The van der Waals surface area contributed by atoms with Gasteiger partial charge in [0.2, 0.25) is 0 Å². The number of nitrogens with one attached hydrogen (secondary N) is 1. The Balaban J connectivity index is 1.69. The molecule has 5 heteroatoms. The Morgan fingerprint density at radius 1 is 1.17 bits per heavy atom. The van der Waals surface area contributed by atoms with E-state index in [1.54, 1.807) is 11.3 Å². The first kappa shape index (κ1) is 14.7. The van der Waals surface area contributed by atoms with Gasteiger partial charge in [0.05, 0.1) is 11.4 Å². The van der Waals surface area contributed by atoms with Crippen molar-refractivity contribution in [3.05, 3.63) is 77.4 Å². The number of benzene rings is 2. The molecule has 0 saturated heterocycles. The zero-order chi connectivity index (χ0) is 16.5. The van der Waals surface area contributed by atoms with Crippen LogP contribution in [0.15, 0.2) is 66.3 Å². The predicted octanol–water partition coefficient (Wildman–Crippen LogP) is 4.62. The third-order valence-corrected chi connectivity index (χ3v) is 4.60. The average molecular weight is 333 g/mol. The topological polar surface area (TPSA) is 46.4 Å². The second-order valence-electron chi connectivity index (χ2n) is 5.59. The summed E-state index contributed by atoms with van der Waals surface area (Å²) in [4.78, 5) is 18.1. The zero-order valence-electron chi connectivity index (χ0n) is 13.1. The Bertz CT molecular complexity index is 1000. The van der Waals surface area contributed by atoms with E-state index in [-0.39, 0.29) is 5.91 Å². The lowest BCUT2D eigenvalue weighted by molar-refractivity contribution is 0.102. The lowest BCUT2D eigenvalue weighted by atomic mass is 10.1. The van der Waals surface area contributed by atoms with E-state index in [1.165, 1.54) is 0 Å². The highest BCUT2D eigenvalue weighted by molar-refractivity contribution is 7.15. The van der Waals surface area contributed by atoms with Crippen LogP contribution in [0.3, 0.4) is 0 Å². The quantitative estimate of drug-likeness (QED) is 0.594. The summed E-state index contributed by atoms with van der Waals surface area (Å²) in [5.74, 6) is -0.118. The zero-order valence-corrected chi connectivity index (χ0v) is 13.9. The van der Waals surface area contributed by atoms with Gasteiger partial charge < -0.3 is 5.32 Å². The minimum atomic E-state index is -0.118. The Labute approximate surface area is 143 Å². The number of hydrogen-bond acceptors (Lipinski definition) is 3. The summed E-state index contributed by atoms with van der Waals surface area (Å²) in [7, 11) is 0. The fourth-order valence-corrected chi connectivity index (χ4v) is 3.35. The molecule has 0 saturated carbocycles. The van der Waals surface area contributed by atoms with Gasteiger partial charge in [-0.25, -0.2) is 4.98 Å². The maximum absolute atomic E-state index is 12.5. The van der Waals surface area contributed by atoms with Crippen molar-refractivity contribution in [1.29, 1.82) is 0 Å². The monoisotopic (exact) mass is 333 g/mol. The molecule has 0 aliphatic rings. The normalized spacial score (nSPS) is 10.9. The standard InChI is InChI=1S/C19H15N3OS/c1-13-5-4-6-14(11-13)18(23)20-16-8-3-2-7-15(16)17-12-22-9-10-24-19(22)21-17/h2-12H,1H3,(H,20,23). The van der Waals surface area contributed by atoms with Crippen molar-refractivity contribution < 1.29 is 4.79 Å². The van der Waals surface area contributed by atoms with E-state index >= 15 is 0 Å². The number of carbonyl (C=O) groups excluding carboxylic acids is 1. The Morgan fingerprint density at radius 2 is 2.04 bits per heavy atom. The van der Waals surface area contributed by atoms with E-state index in [0.717, 1.165) is 27.5 Å². The molecular weight excluding hydrogens is 318 g/mol. The summed E-state index contributed by atoms with van der Waals surface area (Å²) in [5, 5.41) is 5.00. The number of para-hydroxylation sites is 1. The van der Waals surface area contributed by atoms with Crippen LogP contribution in [0.1, 0.15) is 15.9 Å². The third-order valence-electron chi connectivity index (χ3n) is 3.82. The van der Waals surface area contributed by atoms with Gasteiger partial charge in [-0.2, -0.15) is 0 Å². The molecule has 0 radical (unpaired) electrons. The molecule has 4 aromatic rings. The van der Waals surface area contributed by atoms with E-state index in [2.05, 4.69) is 10.3 Å². The molecule has 0 aliphatic heterocycles. The van der Waals surface area contributed by atoms with Crippen molar-refractivity contribution in [2.75, 3.05) is 5.32 Å². The van der Waals surface area contributed by atoms with Gasteiger partial charge in [-0.1, -0.05) is 35.9 Å². The summed E-state index contributed by atoms with van der Waals surface area (Å²) in [6, 6.07) is 15.3. The molecule has 0 spiro atoms. The van der Waals surface area contributed by atoms with Crippen molar-refractivity contribution in [2.24, 2.45) is 0 Å². The molecule has 118 valence electrons. The number of aromatic nitrogens is 2. The fourth-order valence-electron chi connectivity index (χ4n) is 2.65. The van der Waals surface area contributed by atoms with Crippen molar-refractivity contribution >= 4 is 27.9 Å². The molecule has 4 nitrogen and oxygen atoms in total. The van der Waals surface area contributed by atoms with Crippen LogP contribution in [0.25, 0.3) is 16.2 Å². The maximum Gasteiger partial charge on any atom is 0.255 e. The summed E-state index contributed by atoms with van der Waals surface area (Å²) in [6.07, 6.45) is 3.95. The van der Waals surface area contributed by atoms with Crippen LogP contribution in [0.5, 0.6) is 0 Å². The van der Waals surface area contributed by atoms with Gasteiger partial charge in [0, 0.05) is 28.9 Å². The van der Waals surface area contributed by atoms with Crippen molar-refractivity contribution in [3.63, 3.8) is 0 Å². The number of imidazole rings is 1. The minimum absolute atomic E-state index is 0.118. The van der Waals surface area contributed by atoms with E-state index in [1.807, 2.05) is 77.6 Å². The van der Waals surface area contributed by atoms with Crippen molar-refractivity contribution in [2.45, 2.75) is 6.92 Å². The molecule has 2 aromatic carbocycles. The van der Waals surface area contributed by atoms with E-state index in [9.17, 15) is 4.79 Å². The smallest absolute Gasteiger partial charge is 0.255 e. The summed E-state index contributed by atoms with van der Waals surface area (Å²) in [6.45, 7) is 1.97. The van der Waals surface area contributed by atoms with Crippen LogP contribution in [0.2, 0.25) is 0 Å².